The Morgan fingerprint density at radius 1 is 1.17 bits per heavy atom. The molecule has 7 nitrogen and oxygen atoms in total. The minimum atomic E-state index is -0.199. The first kappa shape index (κ1) is 14.5. The Bertz CT molecular complexity index is 1010. The van der Waals surface area contributed by atoms with E-state index in [-0.39, 0.29) is 5.91 Å². The number of aromatic nitrogens is 5. The van der Waals surface area contributed by atoms with Gasteiger partial charge in [-0.3, -0.25) is 10.1 Å². The van der Waals surface area contributed by atoms with E-state index in [4.69, 9.17) is 0 Å². The van der Waals surface area contributed by atoms with Gasteiger partial charge in [0.05, 0.1) is 15.9 Å². The summed E-state index contributed by atoms with van der Waals surface area (Å²) in [6.07, 6.45) is 1.50. The lowest BCUT2D eigenvalue weighted by Gasteiger charge is -2.03. The molecular weight excluding hydrogens is 324 g/mol. The molecule has 0 radical (unpaired) electrons. The second-order valence-electron chi connectivity index (χ2n) is 5.20. The zero-order valence-electron chi connectivity index (χ0n) is 12.7. The summed E-state index contributed by atoms with van der Waals surface area (Å²) >= 11 is 1.46. The molecule has 1 amide bonds. The molecule has 0 fully saturated rings. The molecule has 0 aliphatic heterocycles. The van der Waals surface area contributed by atoms with Crippen LogP contribution in [0, 0.1) is 6.92 Å². The molecule has 0 unspecified atom stereocenters. The van der Waals surface area contributed by atoms with E-state index in [1.165, 1.54) is 22.3 Å². The molecule has 4 aromatic rings. The quantitative estimate of drug-likeness (QED) is 0.622. The molecule has 4 rings (SSSR count). The summed E-state index contributed by atoms with van der Waals surface area (Å²) in [6.45, 7) is 2.01. The van der Waals surface area contributed by atoms with Crippen LogP contribution >= 0.6 is 11.3 Å². The molecule has 0 saturated carbocycles. The highest BCUT2D eigenvalue weighted by molar-refractivity contribution is 7.22. The summed E-state index contributed by atoms with van der Waals surface area (Å²) in [4.78, 5) is 16.9. The van der Waals surface area contributed by atoms with Crippen LogP contribution in [0.3, 0.4) is 0 Å². The highest BCUT2D eigenvalue weighted by Crippen LogP contribution is 2.28. The second kappa shape index (κ2) is 5.82. The molecule has 8 heteroatoms. The van der Waals surface area contributed by atoms with Crippen molar-refractivity contribution in [1.82, 2.24) is 25.2 Å². The molecule has 0 spiro atoms. The van der Waals surface area contributed by atoms with Crippen molar-refractivity contribution >= 4 is 32.6 Å². The molecule has 0 bridgehead atoms. The predicted octanol–water partition coefficient (Wildman–Crippen LogP) is 2.83. The lowest BCUT2D eigenvalue weighted by atomic mass is 10.2. The number of nitrogens with zero attached hydrogens (tertiary/aromatic N) is 5. The standard InChI is InChI=1S/C16H12N6OS/c1-10-3-2-4-13-14(10)18-16(24-13)19-15(23)11-5-7-12(8-6-11)22-9-17-20-21-22/h2-9H,1H3,(H,18,19,23). The zero-order chi connectivity index (χ0) is 16.5. The summed E-state index contributed by atoms with van der Waals surface area (Å²) in [5.74, 6) is -0.199. The number of rotatable bonds is 3. The molecule has 24 heavy (non-hydrogen) atoms. The minimum Gasteiger partial charge on any atom is -0.298 e. The number of para-hydroxylation sites is 1. The molecule has 118 valence electrons. The van der Waals surface area contributed by atoms with E-state index in [1.54, 1.807) is 24.3 Å². The van der Waals surface area contributed by atoms with Crippen molar-refractivity contribution in [2.75, 3.05) is 5.32 Å². The number of fused-ring (bicyclic) bond motifs is 1. The molecule has 1 N–H and O–H groups in total. The van der Waals surface area contributed by atoms with E-state index in [2.05, 4.69) is 25.8 Å². The van der Waals surface area contributed by atoms with E-state index in [9.17, 15) is 4.79 Å². The summed E-state index contributed by atoms with van der Waals surface area (Å²) in [6, 6.07) is 13.0. The van der Waals surface area contributed by atoms with Crippen LogP contribution in [0.25, 0.3) is 15.9 Å². The maximum absolute atomic E-state index is 12.4. The number of hydrogen-bond acceptors (Lipinski definition) is 6. The zero-order valence-corrected chi connectivity index (χ0v) is 13.5. The Morgan fingerprint density at radius 2 is 2.00 bits per heavy atom. The van der Waals surface area contributed by atoms with Gasteiger partial charge in [-0.2, -0.15) is 0 Å². The highest BCUT2D eigenvalue weighted by Gasteiger charge is 2.11. The fraction of sp³-hybridized carbons (Fsp3) is 0.0625. The van der Waals surface area contributed by atoms with Crippen LogP contribution in [-0.4, -0.2) is 31.1 Å². The van der Waals surface area contributed by atoms with Gasteiger partial charge in [0.2, 0.25) is 0 Å². The van der Waals surface area contributed by atoms with E-state index in [0.717, 1.165) is 21.5 Å². The van der Waals surface area contributed by atoms with Crippen molar-refractivity contribution in [2.45, 2.75) is 6.92 Å². The first-order valence-corrected chi connectivity index (χ1v) is 8.03. The number of tetrazole rings is 1. The normalized spacial score (nSPS) is 10.9. The van der Waals surface area contributed by atoms with Crippen LogP contribution in [0.5, 0.6) is 0 Å². The van der Waals surface area contributed by atoms with Crippen LogP contribution in [-0.2, 0) is 0 Å². The second-order valence-corrected chi connectivity index (χ2v) is 6.23. The highest BCUT2D eigenvalue weighted by atomic mass is 32.1. The van der Waals surface area contributed by atoms with Gasteiger partial charge in [0, 0.05) is 5.56 Å². The summed E-state index contributed by atoms with van der Waals surface area (Å²) in [7, 11) is 0. The monoisotopic (exact) mass is 336 g/mol. The molecule has 2 aromatic heterocycles. The number of carbonyl (C=O) groups is 1. The van der Waals surface area contributed by atoms with Crippen LogP contribution in [0.4, 0.5) is 5.13 Å². The Labute approximate surface area is 141 Å². The molecule has 0 aliphatic carbocycles. The minimum absolute atomic E-state index is 0.199. The Balaban J connectivity index is 1.56. The van der Waals surface area contributed by atoms with E-state index in [0.29, 0.717) is 10.7 Å². The third-order valence-electron chi connectivity index (χ3n) is 3.58. The molecule has 0 atom stereocenters. The molecule has 0 aliphatic rings. The topological polar surface area (TPSA) is 85.6 Å². The van der Waals surface area contributed by atoms with Gasteiger partial charge in [-0.1, -0.05) is 23.5 Å². The largest absolute Gasteiger partial charge is 0.298 e. The summed E-state index contributed by atoms with van der Waals surface area (Å²) in [5.41, 5.74) is 3.34. The van der Waals surface area contributed by atoms with Gasteiger partial charge in [0.25, 0.3) is 5.91 Å². The SMILES string of the molecule is Cc1cccc2sc(NC(=O)c3ccc(-n4cnnn4)cc3)nc12. The first-order chi connectivity index (χ1) is 11.7. The van der Waals surface area contributed by atoms with Gasteiger partial charge in [-0.25, -0.2) is 9.67 Å². The smallest absolute Gasteiger partial charge is 0.257 e. The average molecular weight is 336 g/mol. The maximum atomic E-state index is 12.4. The van der Waals surface area contributed by atoms with Crippen LogP contribution in [0.1, 0.15) is 15.9 Å². The Morgan fingerprint density at radius 3 is 2.71 bits per heavy atom. The van der Waals surface area contributed by atoms with Crippen LogP contribution in [0.2, 0.25) is 0 Å². The fourth-order valence-electron chi connectivity index (χ4n) is 2.35. The van der Waals surface area contributed by atoms with Gasteiger partial charge < -0.3 is 0 Å². The number of hydrogen-bond donors (Lipinski definition) is 1. The summed E-state index contributed by atoms with van der Waals surface area (Å²) in [5, 5.41) is 14.4. The third kappa shape index (κ3) is 2.63. The number of benzene rings is 2. The van der Waals surface area contributed by atoms with Gasteiger partial charge in [-0.05, 0) is 53.2 Å². The van der Waals surface area contributed by atoms with Crippen molar-refractivity contribution < 1.29 is 4.79 Å². The number of amides is 1. The van der Waals surface area contributed by atoms with Gasteiger partial charge in [-0.15, -0.1) is 5.10 Å². The lowest BCUT2D eigenvalue weighted by molar-refractivity contribution is 0.102. The summed E-state index contributed by atoms with van der Waals surface area (Å²) < 4.78 is 2.58. The van der Waals surface area contributed by atoms with Crippen molar-refractivity contribution in [3.63, 3.8) is 0 Å². The third-order valence-corrected chi connectivity index (χ3v) is 4.52. The van der Waals surface area contributed by atoms with Crippen molar-refractivity contribution in [1.29, 1.82) is 0 Å². The van der Waals surface area contributed by atoms with Gasteiger partial charge >= 0.3 is 0 Å². The first-order valence-electron chi connectivity index (χ1n) is 7.21. The van der Waals surface area contributed by atoms with Crippen molar-refractivity contribution in [3.8, 4) is 5.69 Å². The number of nitrogens with one attached hydrogen (secondary N) is 1. The van der Waals surface area contributed by atoms with Crippen LogP contribution < -0.4 is 5.32 Å². The Kier molecular flexibility index (Phi) is 3.51. The van der Waals surface area contributed by atoms with E-state index >= 15 is 0 Å². The number of carbonyl (C=O) groups excluding carboxylic acids is 1. The van der Waals surface area contributed by atoms with E-state index < -0.39 is 0 Å². The molecular formula is C16H12N6OS. The van der Waals surface area contributed by atoms with Crippen LogP contribution in [0.15, 0.2) is 48.8 Å². The lowest BCUT2D eigenvalue weighted by Crippen LogP contribution is -2.11. The maximum Gasteiger partial charge on any atom is 0.257 e. The van der Waals surface area contributed by atoms with Gasteiger partial charge in [0.15, 0.2) is 5.13 Å². The molecule has 2 heterocycles. The molecule has 0 saturated heterocycles. The fourth-order valence-corrected chi connectivity index (χ4v) is 3.29. The average Bonchev–Trinajstić information content (AvgIpc) is 3.25. The number of aryl methyl sites for hydroxylation is 1. The Hall–Kier alpha value is -3.13. The predicted molar refractivity (Wildman–Crippen MR) is 91.5 cm³/mol. The number of thiazole rings is 1. The van der Waals surface area contributed by atoms with Crippen molar-refractivity contribution in [2.24, 2.45) is 0 Å². The number of anilines is 1. The molecule has 2 aromatic carbocycles. The van der Waals surface area contributed by atoms with Crippen molar-refractivity contribution in [3.05, 3.63) is 59.9 Å². The van der Waals surface area contributed by atoms with E-state index in [1.807, 2.05) is 25.1 Å². The van der Waals surface area contributed by atoms with Gasteiger partial charge in [0.1, 0.15) is 6.33 Å².